The molecule has 1 atom stereocenters. The smallest absolute Gasteiger partial charge is 0.306 e. The first kappa shape index (κ1) is 78.0. The molecule has 0 saturated heterocycles. The molecule has 83 heavy (non-hydrogen) atoms. The van der Waals surface area contributed by atoms with Gasteiger partial charge in [0, 0.05) is 19.3 Å². The normalized spacial score (nSPS) is 13.1. The molecule has 0 bridgehead atoms. The van der Waals surface area contributed by atoms with Gasteiger partial charge in [-0.3, -0.25) is 14.4 Å². The van der Waals surface area contributed by atoms with E-state index in [1.807, 2.05) is 0 Å². The van der Waals surface area contributed by atoms with E-state index in [4.69, 9.17) is 14.2 Å². The third-order valence-corrected chi connectivity index (χ3v) is 14.0. The minimum atomic E-state index is -0.808. The summed E-state index contributed by atoms with van der Waals surface area (Å²) in [7, 11) is 0. The Labute approximate surface area is 511 Å². The van der Waals surface area contributed by atoms with Crippen molar-refractivity contribution in [3.8, 4) is 0 Å². The Balaban J connectivity index is 4.41. The molecule has 0 heterocycles. The fraction of sp³-hybridized carbons (Fsp3) is 0.623. The van der Waals surface area contributed by atoms with Crippen LogP contribution in [0.4, 0.5) is 0 Å². The third-order valence-electron chi connectivity index (χ3n) is 14.0. The Morgan fingerprint density at radius 1 is 0.241 bits per heavy atom. The Hall–Kier alpha value is -4.97. The molecule has 0 aliphatic carbocycles. The lowest BCUT2D eigenvalue weighted by Crippen LogP contribution is -2.30. The summed E-state index contributed by atoms with van der Waals surface area (Å²) < 4.78 is 16.9. The topological polar surface area (TPSA) is 78.9 Å². The Morgan fingerprint density at radius 2 is 0.434 bits per heavy atom. The van der Waals surface area contributed by atoms with Crippen LogP contribution in [-0.4, -0.2) is 37.2 Å². The zero-order valence-electron chi connectivity index (χ0n) is 53.7. The van der Waals surface area contributed by atoms with Gasteiger partial charge in [-0.2, -0.15) is 0 Å². The average Bonchev–Trinajstić information content (AvgIpc) is 3.49. The Bertz CT molecular complexity index is 1840. The number of allylic oxidation sites excluding steroid dienone is 26. The van der Waals surface area contributed by atoms with Crippen molar-refractivity contribution in [2.45, 2.75) is 297 Å². The van der Waals surface area contributed by atoms with Crippen molar-refractivity contribution in [1.29, 1.82) is 0 Å². The lowest BCUT2D eigenvalue weighted by atomic mass is 10.0. The molecular formula is C77H124O6. The van der Waals surface area contributed by atoms with Crippen LogP contribution in [-0.2, 0) is 28.6 Å². The van der Waals surface area contributed by atoms with Gasteiger partial charge in [0.15, 0.2) is 6.10 Å². The van der Waals surface area contributed by atoms with Crippen molar-refractivity contribution in [2.75, 3.05) is 13.2 Å². The Kier molecular flexibility index (Phi) is 65.4. The van der Waals surface area contributed by atoms with Crippen LogP contribution >= 0.6 is 0 Å². The average molecular weight is 1150 g/mol. The number of carbonyl (C=O) groups excluding carboxylic acids is 3. The molecule has 0 spiro atoms. The first-order valence-corrected chi connectivity index (χ1v) is 34.0. The maximum atomic E-state index is 13.0. The fourth-order valence-corrected chi connectivity index (χ4v) is 9.04. The maximum absolute atomic E-state index is 13.0. The molecule has 0 N–H and O–H groups in total. The largest absolute Gasteiger partial charge is 0.462 e. The van der Waals surface area contributed by atoms with Gasteiger partial charge in [-0.15, -0.1) is 0 Å². The van der Waals surface area contributed by atoms with E-state index in [0.29, 0.717) is 19.3 Å². The van der Waals surface area contributed by atoms with Crippen LogP contribution < -0.4 is 0 Å². The van der Waals surface area contributed by atoms with Gasteiger partial charge in [-0.1, -0.05) is 288 Å². The summed E-state index contributed by atoms with van der Waals surface area (Å²) in [5, 5.41) is 0. The second kappa shape index (κ2) is 69.5. The SMILES string of the molecule is CC/C=C\C/C=C\C/C=C\C/C=C\C/C=C\CCCCCCCCCCCC(=O)OCC(COC(=O)CCCC/C=C\C/C=C\C/C=C\C/C=C\CC)OC(=O)CCCCCCCCCCCCCC/C=C\C/C=C\C/C=C\C/C=C\CC. The van der Waals surface area contributed by atoms with Gasteiger partial charge in [-0.25, -0.2) is 0 Å². The number of esters is 3. The van der Waals surface area contributed by atoms with Crippen molar-refractivity contribution in [1.82, 2.24) is 0 Å². The minimum Gasteiger partial charge on any atom is -0.462 e. The van der Waals surface area contributed by atoms with Crippen LogP contribution in [0.3, 0.4) is 0 Å². The molecule has 6 heteroatoms. The van der Waals surface area contributed by atoms with Crippen LogP contribution in [0.2, 0.25) is 0 Å². The highest BCUT2D eigenvalue weighted by atomic mass is 16.6. The number of carbonyl (C=O) groups is 3. The van der Waals surface area contributed by atoms with E-state index in [1.165, 1.54) is 103 Å². The molecule has 0 aromatic rings. The van der Waals surface area contributed by atoms with Gasteiger partial charge in [0.05, 0.1) is 0 Å². The summed E-state index contributed by atoms with van der Waals surface area (Å²) in [5.74, 6) is -0.949. The van der Waals surface area contributed by atoms with E-state index in [2.05, 4.69) is 179 Å². The van der Waals surface area contributed by atoms with E-state index < -0.39 is 6.10 Å². The van der Waals surface area contributed by atoms with Gasteiger partial charge in [0.2, 0.25) is 0 Å². The molecule has 0 rings (SSSR count). The molecule has 0 aliphatic rings. The summed E-state index contributed by atoms with van der Waals surface area (Å²) in [6, 6.07) is 0. The molecule has 6 nitrogen and oxygen atoms in total. The highest BCUT2D eigenvalue weighted by molar-refractivity contribution is 5.71. The molecule has 0 aromatic heterocycles. The molecule has 468 valence electrons. The first-order valence-electron chi connectivity index (χ1n) is 34.0. The van der Waals surface area contributed by atoms with Gasteiger partial charge in [0.1, 0.15) is 13.2 Å². The van der Waals surface area contributed by atoms with Crippen molar-refractivity contribution < 1.29 is 28.6 Å². The zero-order chi connectivity index (χ0) is 59.9. The van der Waals surface area contributed by atoms with Gasteiger partial charge < -0.3 is 14.2 Å². The summed E-state index contributed by atoms with van der Waals surface area (Å²) in [6.45, 7) is 6.27. The Morgan fingerprint density at radius 3 is 0.699 bits per heavy atom. The van der Waals surface area contributed by atoms with Crippen LogP contribution in [0.1, 0.15) is 290 Å². The lowest BCUT2D eigenvalue weighted by molar-refractivity contribution is -0.167. The van der Waals surface area contributed by atoms with Gasteiger partial charge in [-0.05, 0) is 141 Å². The lowest BCUT2D eigenvalue weighted by Gasteiger charge is -2.18. The highest BCUT2D eigenvalue weighted by Crippen LogP contribution is 2.16. The zero-order valence-corrected chi connectivity index (χ0v) is 53.7. The second-order valence-electron chi connectivity index (χ2n) is 21.9. The minimum absolute atomic E-state index is 0.100. The van der Waals surface area contributed by atoms with Crippen molar-refractivity contribution in [2.24, 2.45) is 0 Å². The first-order chi connectivity index (χ1) is 41.0. The number of hydrogen-bond donors (Lipinski definition) is 0. The summed E-state index contributed by atoms with van der Waals surface area (Å²) >= 11 is 0. The van der Waals surface area contributed by atoms with Crippen molar-refractivity contribution in [3.63, 3.8) is 0 Å². The van der Waals surface area contributed by atoms with Crippen LogP contribution in [0, 0.1) is 0 Å². The molecule has 0 saturated carbocycles. The van der Waals surface area contributed by atoms with Crippen molar-refractivity contribution >= 4 is 17.9 Å². The number of hydrogen-bond acceptors (Lipinski definition) is 6. The van der Waals surface area contributed by atoms with E-state index in [0.717, 1.165) is 148 Å². The van der Waals surface area contributed by atoms with E-state index in [-0.39, 0.29) is 31.1 Å². The van der Waals surface area contributed by atoms with E-state index in [1.54, 1.807) is 0 Å². The fourth-order valence-electron chi connectivity index (χ4n) is 9.04. The summed E-state index contributed by atoms with van der Waals surface area (Å²) in [4.78, 5) is 38.4. The van der Waals surface area contributed by atoms with E-state index in [9.17, 15) is 14.4 Å². The van der Waals surface area contributed by atoms with Crippen molar-refractivity contribution in [3.05, 3.63) is 158 Å². The quantitative estimate of drug-likeness (QED) is 0.0261. The second-order valence-corrected chi connectivity index (χ2v) is 21.9. The van der Waals surface area contributed by atoms with Crippen LogP contribution in [0.5, 0.6) is 0 Å². The van der Waals surface area contributed by atoms with E-state index >= 15 is 0 Å². The molecular weight excluding hydrogens is 1020 g/mol. The molecule has 0 fully saturated rings. The molecule has 0 aliphatic heterocycles. The molecule has 0 aromatic carbocycles. The highest BCUT2D eigenvalue weighted by Gasteiger charge is 2.19. The standard InChI is InChI=1S/C77H124O6/c1-4-7-10-13-16-19-22-25-28-30-32-34-36-38-40-42-44-46-49-52-55-58-61-64-67-70-76(79)82-73-74(72-81-75(78)69-66-63-60-57-54-51-48-27-24-21-18-15-12-9-6-3)83-77(80)71-68-65-62-59-56-53-50-47-45-43-41-39-37-35-33-31-29-26-23-20-17-14-11-8-5-2/h7-12,16-21,25-29,32-35,38,40,48,54,57,74H,4-6,13-15,22-24,30-31,36-37,39,41-47,49-53,55-56,58-73H2,1-3H3/b10-7-,11-8-,12-9-,19-16-,20-17-,21-18-,28-25-,29-26-,34-32-,35-33-,40-38-,48-27-,57-54-. The number of ether oxygens (including phenoxy) is 3. The maximum Gasteiger partial charge on any atom is 0.306 e. The third kappa shape index (κ3) is 67.7. The van der Waals surface area contributed by atoms with Gasteiger partial charge >= 0.3 is 17.9 Å². The summed E-state index contributed by atoms with van der Waals surface area (Å²) in [6.07, 6.45) is 101. The van der Waals surface area contributed by atoms with Gasteiger partial charge in [0.25, 0.3) is 0 Å². The predicted molar refractivity (Wildman–Crippen MR) is 362 cm³/mol. The molecule has 1 unspecified atom stereocenters. The van der Waals surface area contributed by atoms with Crippen LogP contribution in [0.25, 0.3) is 0 Å². The molecule has 0 radical (unpaired) electrons. The number of unbranched alkanes of at least 4 members (excludes halogenated alkanes) is 23. The number of rotatable bonds is 60. The van der Waals surface area contributed by atoms with Crippen LogP contribution in [0.15, 0.2) is 158 Å². The predicted octanol–water partition coefficient (Wildman–Crippen LogP) is 23.7. The monoisotopic (exact) mass is 1140 g/mol. The molecule has 0 amide bonds. The summed E-state index contributed by atoms with van der Waals surface area (Å²) in [5.41, 5.74) is 0.